The second-order valence-electron chi connectivity index (χ2n) is 7.79. The molecule has 9 heteroatoms. The second-order valence-corrected chi connectivity index (χ2v) is 7.79. The summed E-state index contributed by atoms with van der Waals surface area (Å²) in [5, 5.41) is 3.77. The summed E-state index contributed by atoms with van der Waals surface area (Å²) >= 11 is 0. The number of pyridine rings is 1. The number of fused-ring (bicyclic) bond motifs is 1. The number of nitrogens with one attached hydrogen (secondary N) is 1. The highest BCUT2D eigenvalue weighted by molar-refractivity contribution is 5.73. The summed E-state index contributed by atoms with van der Waals surface area (Å²) < 4.78 is 16.2. The molecule has 0 unspecified atom stereocenters. The molecule has 5 aromatic rings. The van der Waals surface area contributed by atoms with Crippen molar-refractivity contribution in [2.45, 2.75) is 26.3 Å². The lowest BCUT2D eigenvalue weighted by atomic mass is 10.0. The van der Waals surface area contributed by atoms with Crippen molar-refractivity contribution in [2.75, 3.05) is 0 Å². The summed E-state index contributed by atoms with van der Waals surface area (Å²) in [5.41, 5.74) is 4.21. The molecule has 0 aliphatic rings. The minimum atomic E-state index is -0.538. The SMILES string of the molecule is CC(C)c1ncccc1-c1ncc2[nH]c(=O)n(Cc3ccc(-n4ccc(F)n4)cc3)c2n1. The van der Waals surface area contributed by atoms with Gasteiger partial charge in [-0.2, -0.15) is 4.39 Å². The molecular formula is C23H20FN7O. The van der Waals surface area contributed by atoms with Gasteiger partial charge in [0.05, 0.1) is 24.1 Å². The third-order valence-electron chi connectivity index (χ3n) is 5.24. The van der Waals surface area contributed by atoms with Crippen molar-refractivity contribution in [3.8, 4) is 17.1 Å². The predicted molar refractivity (Wildman–Crippen MR) is 118 cm³/mol. The molecule has 160 valence electrons. The van der Waals surface area contributed by atoms with E-state index in [1.807, 2.05) is 36.4 Å². The van der Waals surface area contributed by atoms with Crippen LogP contribution in [0.4, 0.5) is 4.39 Å². The third-order valence-corrected chi connectivity index (χ3v) is 5.24. The topological polar surface area (TPSA) is 94.3 Å². The smallest absolute Gasteiger partial charge is 0.303 e. The molecule has 0 saturated heterocycles. The Labute approximate surface area is 182 Å². The standard InChI is InChI=1S/C23H20FN7O/c1-14(2)20-17(4-3-10-25-20)21-26-12-18-22(28-21)30(23(32)27-18)13-15-5-7-16(8-6-15)31-11-9-19(24)29-31/h3-12,14H,13H2,1-2H3,(H,27,32). The number of hydrogen-bond acceptors (Lipinski definition) is 5. The highest BCUT2D eigenvalue weighted by Gasteiger charge is 2.15. The molecule has 0 atom stereocenters. The van der Waals surface area contributed by atoms with Gasteiger partial charge >= 0.3 is 5.69 Å². The van der Waals surface area contributed by atoms with Gasteiger partial charge < -0.3 is 4.98 Å². The lowest BCUT2D eigenvalue weighted by Gasteiger charge is -2.10. The van der Waals surface area contributed by atoms with Crippen molar-refractivity contribution in [1.29, 1.82) is 0 Å². The van der Waals surface area contributed by atoms with Gasteiger partial charge in [-0.1, -0.05) is 26.0 Å². The number of rotatable bonds is 5. The maximum absolute atomic E-state index is 13.2. The van der Waals surface area contributed by atoms with Gasteiger partial charge in [0.25, 0.3) is 0 Å². The van der Waals surface area contributed by atoms with Gasteiger partial charge in [0.2, 0.25) is 5.95 Å². The zero-order chi connectivity index (χ0) is 22.2. The molecule has 1 aromatic carbocycles. The van der Waals surface area contributed by atoms with Gasteiger partial charge in [-0.25, -0.2) is 19.4 Å². The Morgan fingerprint density at radius 3 is 2.62 bits per heavy atom. The Hall–Kier alpha value is -4.14. The zero-order valence-corrected chi connectivity index (χ0v) is 17.5. The van der Waals surface area contributed by atoms with Crippen molar-refractivity contribution < 1.29 is 4.39 Å². The van der Waals surface area contributed by atoms with E-state index in [9.17, 15) is 9.18 Å². The molecule has 4 aromatic heterocycles. The molecule has 8 nitrogen and oxygen atoms in total. The van der Waals surface area contributed by atoms with Crippen molar-refractivity contribution in [3.63, 3.8) is 0 Å². The van der Waals surface area contributed by atoms with E-state index in [2.05, 4.69) is 33.9 Å². The first-order valence-corrected chi connectivity index (χ1v) is 10.2. The normalized spacial score (nSPS) is 11.5. The average molecular weight is 429 g/mol. The Balaban J connectivity index is 1.51. The number of H-pyrrole nitrogens is 1. The highest BCUT2D eigenvalue weighted by Crippen LogP contribution is 2.25. The first-order chi connectivity index (χ1) is 15.5. The summed E-state index contributed by atoms with van der Waals surface area (Å²) in [7, 11) is 0. The summed E-state index contributed by atoms with van der Waals surface area (Å²) in [6.45, 7) is 4.46. The summed E-state index contributed by atoms with van der Waals surface area (Å²) in [5.74, 6) is 0.197. The molecule has 4 heterocycles. The molecule has 0 saturated carbocycles. The van der Waals surface area contributed by atoms with Gasteiger partial charge in [0.15, 0.2) is 11.5 Å². The van der Waals surface area contributed by atoms with Crippen molar-refractivity contribution >= 4 is 11.2 Å². The van der Waals surface area contributed by atoms with E-state index >= 15 is 0 Å². The number of aromatic nitrogens is 7. The fourth-order valence-corrected chi connectivity index (χ4v) is 3.67. The van der Waals surface area contributed by atoms with Crippen LogP contribution in [0.5, 0.6) is 0 Å². The van der Waals surface area contributed by atoms with E-state index in [-0.39, 0.29) is 11.6 Å². The fraction of sp³-hybridized carbons (Fsp3) is 0.174. The monoisotopic (exact) mass is 429 g/mol. The second kappa shape index (κ2) is 7.84. The van der Waals surface area contributed by atoms with Crippen LogP contribution in [0.25, 0.3) is 28.2 Å². The number of nitrogens with zero attached hydrogens (tertiary/aromatic N) is 6. The molecule has 5 rings (SSSR count). The Kier molecular flexibility index (Phi) is 4.85. The molecule has 0 aliphatic heterocycles. The maximum atomic E-state index is 13.2. The number of benzene rings is 1. The van der Waals surface area contributed by atoms with E-state index in [0.29, 0.717) is 23.5 Å². The van der Waals surface area contributed by atoms with E-state index in [1.165, 1.54) is 10.7 Å². The third kappa shape index (κ3) is 3.58. The van der Waals surface area contributed by atoms with Crippen LogP contribution < -0.4 is 5.69 Å². The molecule has 0 radical (unpaired) electrons. The summed E-state index contributed by atoms with van der Waals surface area (Å²) in [4.78, 5) is 29.1. The van der Waals surface area contributed by atoms with E-state index in [0.717, 1.165) is 22.5 Å². The van der Waals surface area contributed by atoms with Gasteiger partial charge in [-0.15, -0.1) is 5.10 Å². The van der Waals surface area contributed by atoms with Crippen molar-refractivity contribution in [2.24, 2.45) is 0 Å². The van der Waals surface area contributed by atoms with E-state index < -0.39 is 5.95 Å². The molecule has 0 bridgehead atoms. The van der Waals surface area contributed by atoms with Crippen LogP contribution in [0.3, 0.4) is 0 Å². The highest BCUT2D eigenvalue weighted by atomic mass is 19.1. The molecule has 32 heavy (non-hydrogen) atoms. The Morgan fingerprint density at radius 1 is 1.09 bits per heavy atom. The van der Waals surface area contributed by atoms with Crippen molar-refractivity contribution in [1.82, 2.24) is 34.3 Å². The van der Waals surface area contributed by atoms with E-state index in [4.69, 9.17) is 4.98 Å². The largest absolute Gasteiger partial charge is 0.328 e. The lowest BCUT2D eigenvalue weighted by molar-refractivity contribution is 0.566. The Morgan fingerprint density at radius 2 is 1.91 bits per heavy atom. The summed E-state index contributed by atoms with van der Waals surface area (Å²) in [6, 6.07) is 12.5. The predicted octanol–water partition coefficient (Wildman–Crippen LogP) is 3.68. The molecule has 0 amide bonds. The minimum Gasteiger partial charge on any atom is -0.303 e. The molecule has 0 fully saturated rings. The minimum absolute atomic E-state index is 0.209. The van der Waals surface area contributed by atoms with Gasteiger partial charge in [-0.3, -0.25) is 9.55 Å². The van der Waals surface area contributed by atoms with Gasteiger partial charge in [0.1, 0.15) is 5.52 Å². The van der Waals surface area contributed by atoms with Crippen LogP contribution in [0.15, 0.2) is 65.8 Å². The molecule has 1 N–H and O–H groups in total. The fourth-order valence-electron chi connectivity index (χ4n) is 3.67. The van der Waals surface area contributed by atoms with Crippen LogP contribution in [0.2, 0.25) is 0 Å². The van der Waals surface area contributed by atoms with Crippen molar-refractivity contribution in [3.05, 3.63) is 88.7 Å². The Bertz CT molecular complexity index is 1460. The van der Waals surface area contributed by atoms with Crippen LogP contribution >= 0.6 is 0 Å². The van der Waals surface area contributed by atoms with Crippen LogP contribution in [0, 0.1) is 5.95 Å². The molecule has 0 spiro atoms. The number of aromatic amines is 1. The van der Waals surface area contributed by atoms with E-state index in [1.54, 1.807) is 23.2 Å². The number of hydrogen-bond donors (Lipinski definition) is 1. The maximum Gasteiger partial charge on any atom is 0.328 e. The van der Waals surface area contributed by atoms with Crippen LogP contribution in [-0.2, 0) is 6.54 Å². The average Bonchev–Trinajstić information content (AvgIpc) is 3.37. The molecule has 0 aliphatic carbocycles. The van der Waals surface area contributed by atoms with Gasteiger partial charge in [0, 0.05) is 24.0 Å². The summed E-state index contributed by atoms with van der Waals surface area (Å²) in [6.07, 6.45) is 4.93. The first-order valence-electron chi connectivity index (χ1n) is 10.2. The van der Waals surface area contributed by atoms with Crippen LogP contribution in [-0.4, -0.2) is 34.3 Å². The van der Waals surface area contributed by atoms with Crippen LogP contribution in [0.1, 0.15) is 31.0 Å². The lowest BCUT2D eigenvalue weighted by Crippen LogP contribution is -2.17. The zero-order valence-electron chi connectivity index (χ0n) is 17.5. The number of halogens is 1. The number of imidazole rings is 1. The first kappa shape index (κ1) is 19.8. The van der Waals surface area contributed by atoms with Gasteiger partial charge in [-0.05, 0) is 35.7 Å². The quantitative estimate of drug-likeness (QED) is 0.460. The molecular weight excluding hydrogens is 409 g/mol.